The van der Waals surface area contributed by atoms with E-state index in [0.717, 1.165) is 10.0 Å². The van der Waals surface area contributed by atoms with Gasteiger partial charge in [0.1, 0.15) is 11.6 Å². The normalized spacial score (nSPS) is 12.6. The zero-order valence-corrected chi connectivity index (χ0v) is 12.8. The summed E-state index contributed by atoms with van der Waals surface area (Å²) >= 11 is 3.39. The maximum atomic E-state index is 12.8. The Hall–Kier alpha value is -2.34. The van der Waals surface area contributed by atoms with Crippen molar-refractivity contribution in [3.05, 3.63) is 58.3 Å². The van der Waals surface area contributed by atoms with Crippen LogP contribution in [0.3, 0.4) is 0 Å². The summed E-state index contributed by atoms with van der Waals surface area (Å²) in [5.41, 5.74) is 0.750. The number of rotatable bonds is 3. The van der Waals surface area contributed by atoms with E-state index in [0.29, 0.717) is 11.5 Å². The molecular weight excluding hydrogens is 355 g/mol. The van der Waals surface area contributed by atoms with Gasteiger partial charge >= 0.3 is 5.97 Å². The van der Waals surface area contributed by atoms with Gasteiger partial charge in [-0.3, -0.25) is 0 Å². The van der Waals surface area contributed by atoms with E-state index in [4.69, 9.17) is 14.2 Å². The van der Waals surface area contributed by atoms with Crippen molar-refractivity contribution < 1.29 is 23.4 Å². The first kappa shape index (κ1) is 14.6. The van der Waals surface area contributed by atoms with Crippen molar-refractivity contribution in [1.82, 2.24) is 0 Å². The largest absolute Gasteiger partial charge is 0.454 e. The van der Waals surface area contributed by atoms with Gasteiger partial charge < -0.3 is 14.2 Å². The minimum atomic E-state index is -0.559. The average Bonchev–Trinajstić information content (AvgIpc) is 2.94. The van der Waals surface area contributed by atoms with E-state index >= 15 is 0 Å². The number of hydrogen-bond donors (Lipinski definition) is 0. The van der Waals surface area contributed by atoms with Crippen LogP contribution < -0.4 is 14.2 Å². The number of hydrogen-bond acceptors (Lipinski definition) is 4. The highest BCUT2D eigenvalue weighted by atomic mass is 79.9. The predicted molar refractivity (Wildman–Crippen MR) is 81.3 cm³/mol. The Kier molecular flexibility index (Phi) is 4.11. The Labute approximate surface area is 134 Å². The molecule has 0 N–H and O–H groups in total. The van der Waals surface area contributed by atoms with Crippen LogP contribution in [-0.4, -0.2) is 12.8 Å². The van der Waals surface area contributed by atoms with Crippen LogP contribution in [0.4, 0.5) is 4.39 Å². The first-order valence-electron chi connectivity index (χ1n) is 6.36. The van der Waals surface area contributed by atoms with Gasteiger partial charge in [-0.1, -0.05) is 15.9 Å². The summed E-state index contributed by atoms with van der Waals surface area (Å²) in [5.74, 6) is 0.601. The summed E-state index contributed by atoms with van der Waals surface area (Å²) in [4.78, 5) is 11.7. The molecule has 0 saturated heterocycles. The third-order valence-electron chi connectivity index (χ3n) is 2.92. The maximum Gasteiger partial charge on any atom is 0.336 e. The molecule has 1 heterocycles. The molecule has 0 bridgehead atoms. The quantitative estimate of drug-likeness (QED) is 0.470. The lowest BCUT2D eigenvalue weighted by atomic mass is 10.2. The van der Waals surface area contributed by atoms with Gasteiger partial charge in [0.05, 0.1) is 0 Å². The van der Waals surface area contributed by atoms with Crippen molar-refractivity contribution >= 4 is 28.0 Å². The molecule has 0 atom stereocenters. The highest BCUT2D eigenvalue weighted by Crippen LogP contribution is 2.37. The fourth-order valence-corrected chi connectivity index (χ4v) is 2.33. The lowest BCUT2D eigenvalue weighted by Crippen LogP contribution is -2.03. The van der Waals surface area contributed by atoms with E-state index in [9.17, 15) is 9.18 Å². The number of fused-ring (bicyclic) bond motifs is 1. The Bertz CT molecular complexity index is 741. The van der Waals surface area contributed by atoms with Gasteiger partial charge in [0, 0.05) is 10.5 Å². The van der Waals surface area contributed by atoms with Gasteiger partial charge in [-0.05, 0) is 48.0 Å². The van der Waals surface area contributed by atoms with Crippen LogP contribution in [0.2, 0.25) is 0 Å². The number of ether oxygens (including phenoxy) is 3. The van der Waals surface area contributed by atoms with Crippen LogP contribution in [0.15, 0.2) is 46.9 Å². The third kappa shape index (κ3) is 3.28. The number of benzene rings is 2. The molecule has 0 amide bonds. The van der Waals surface area contributed by atoms with E-state index < -0.39 is 5.97 Å². The molecule has 3 rings (SSSR count). The minimum absolute atomic E-state index is 0.182. The van der Waals surface area contributed by atoms with Gasteiger partial charge in [0.25, 0.3) is 0 Å². The lowest BCUT2D eigenvalue weighted by Gasteiger charge is -2.02. The second-order valence-electron chi connectivity index (χ2n) is 4.44. The Morgan fingerprint density at radius 3 is 2.59 bits per heavy atom. The van der Waals surface area contributed by atoms with Crippen LogP contribution in [0.1, 0.15) is 5.56 Å². The van der Waals surface area contributed by atoms with Crippen molar-refractivity contribution in [2.24, 2.45) is 0 Å². The minimum Gasteiger partial charge on any atom is -0.454 e. The molecule has 4 nitrogen and oxygen atoms in total. The van der Waals surface area contributed by atoms with Crippen LogP contribution >= 0.6 is 15.9 Å². The summed E-state index contributed by atoms with van der Waals surface area (Å²) in [6.07, 6.45) is 2.88. The van der Waals surface area contributed by atoms with Crippen LogP contribution in [0.25, 0.3) is 6.08 Å². The molecule has 0 radical (unpaired) electrons. The average molecular weight is 365 g/mol. The molecule has 0 aromatic heterocycles. The summed E-state index contributed by atoms with van der Waals surface area (Å²) in [6, 6.07) is 8.75. The van der Waals surface area contributed by atoms with Gasteiger partial charge in [0.15, 0.2) is 11.5 Å². The first-order chi connectivity index (χ1) is 10.6. The third-order valence-corrected chi connectivity index (χ3v) is 3.61. The van der Waals surface area contributed by atoms with E-state index in [2.05, 4.69) is 15.9 Å². The van der Waals surface area contributed by atoms with Crippen molar-refractivity contribution in [3.8, 4) is 17.2 Å². The van der Waals surface area contributed by atoms with Gasteiger partial charge in [-0.15, -0.1) is 0 Å². The topological polar surface area (TPSA) is 44.8 Å². The summed E-state index contributed by atoms with van der Waals surface area (Å²) in [5, 5.41) is 0. The molecule has 0 unspecified atom stereocenters. The lowest BCUT2D eigenvalue weighted by molar-refractivity contribution is -0.128. The van der Waals surface area contributed by atoms with Gasteiger partial charge in [-0.25, -0.2) is 9.18 Å². The zero-order valence-electron chi connectivity index (χ0n) is 11.2. The van der Waals surface area contributed by atoms with Crippen molar-refractivity contribution in [2.45, 2.75) is 0 Å². The molecule has 0 fully saturated rings. The standard InChI is InChI=1S/C16H10BrFO4/c17-13-8-15-14(20-9-21-15)7-10(13)1-6-16(19)22-12-4-2-11(18)3-5-12/h1-8H,9H2. The Balaban J connectivity index is 1.71. The molecule has 6 heteroatoms. The van der Waals surface area contributed by atoms with Crippen LogP contribution in [-0.2, 0) is 4.79 Å². The van der Waals surface area contributed by atoms with E-state index in [1.165, 1.54) is 30.3 Å². The summed E-state index contributed by atoms with van der Waals surface area (Å²) in [6.45, 7) is 0.182. The fourth-order valence-electron chi connectivity index (χ4n) is 1.87. The maximum absolute atomic E-state index is 12.8. The summed E-state index contributed by atoms with van der Waals surface area (Å²) < 4.78 is 29.1. The smallest absolute Gasteiger partial charge is 0.336 e. The number of carbonyl (C=O) groups is 1. The molecule has 0 spiro atoms. The van der Waals surface area contributed by atoms with Crippen molar-refractivity contribution in [3.63, 3.8) is 0 Å². The molecular formula is C16H10BrFO4. The van der Waals surface area contributed by atoms with Gasteiger partial charge in [-0.2, -0.15) is 0 Å². The van der Waals surface area contributed by atoms with Crippen molar-refractivity contribution in [1.29, 1.82) is 0 Å². The summed E-state index contributed by atoms with van der Waals surface area (Å²) in [7, 11) is 0. The van der Waals surface area contributed by atoms with E-state index in [1.54, 1.807) is 18.2 Å². The fraction of sp³-hybridized carbons (Fsp3) is 0.0625. The highest BCUT2D eigenvalue weighted by Gasteiger charge is 2.15. The predicted octanol–water partition coefficient (Wildman–Crippen LogP) is 3.94. The monoisotopic (exact) mass is 364 g/mol. The zero-order chi connectivity index (χ0) is 15.5. The molecule has 22 heavy (non-hydrogen) atoms. The second-order valence-corrected chi connectivity index (χ2v) is 5.29. The van der Waals surface area contributed by atoms with E-state index in [1.807, 2.05) is 0 Å². The van der Waals surface area contributed by atoms with Crippen LogP contribution in [0, 0.1) is 5.82 Å². The number of carbonyl (C=O) groups excluding carboxylic acids is 1. The highest BCUT2D eigenvalue weighted by molar-refractivity contribution is 9.10. The molecule has 2 aromatic carbocycles. The van der Waals surface area contributed by atoms with E-state index in [-0.39, 0.29) is 18.4 Å². The molecule has 2 aromatic rings. The number of halogens is 2. The molecule has 1 aliphatic heterocycles. The molecule has 1 aliphatic rings. The second kappa shape index (κ2) is 6.19. The molecule has 0 saturated carbocycles. The van der Waals surface area contributed by atoms with Crippen LogP contribution in [0.5, 0.6) is 17.2 Å². The van der Waals surface area contributed by atoms with Gasteiger partial charge in [0.2, 0.25) is 6.79 Å². The molecule has 112 valence electrons. The van der Waals surface area contributed by atoms with Crippen molar-refractivity contribution in [2.75, 3.05) is 6.79 Å². The first-order valence-corrected chi connectivity index (χ1v) is 7.16. The SMILES string of the molecule is O=C(C=Cc1cc2c(cc1Br)OCO2)Oc1ccc(F)cc1. The molecule has 0 aliphatic carbocycles. The Morgan fingerprint density at radius 2 is 1.86 bits per heavy atom. The Morgan fingerprint density at radius 1 is 1.18 bits per heavy atom. The number of esters is 1.